The summed E-state index contributed by atoms with van der Waals surface area (Å²) >= 11 is 0. The van der Waals surface area contributed by atoms with Gasteiger partial charge in [-0.2, -0.15) is 0 Å². The van der Waals surface area contributed by atoms with Crippen LogP contribution >= 0.6 is 0 Å². The monoisotopic (exact) mass is 391 g/mol. The third kappa shape index (κ3) is 3.75. The second-order valence-electron chi connectivity index (χ2n) is 8.08. The first-order chi connectivity index (χ1) is 13.9. The SMILES string of the molecule is CC(NC(=O)CN1C(=O)NC(C)(C2CC2)C1=O)c1ccc(-c2ccccc2)cc1. The number of hydrogen-bond donors (Lipinski definition) is 2. The van der Waals surface area contributed by atoms with E-state index in [9.17, 15) is 14.4 Å². The quantitative estimate of drug-likeness (QED) is 0.742. The van der Waals surface area contributed by atoms with Crippen molar-refractivity contribution in [3.63, 3.8) is 0 Å². The number of benzene rings is 2. The molecular formula is C23H25N3O3. The molecule has 0 spiro atoms. The van der Waals surface area contributed by atoms with Gasteiger partial charge in [-0.1, -0.05) is 54.6 Å². The van der Waals surface area contributed by atoms with E-state index >= 15 is 0 Å². The number of imide groups is 1. The maximum atomic E-state index is 12.6. The van der Waals surface area contributed by atoms with Gasteiger partial charge in [0.05, 0.1) is 6.04 Å². The van der Waals surface area contributed by atoms with Crippen LogP contribution in [0, 0.1) is 5.92 Å². The molecule has 0 bridgehead atoms. The van der Waals surface area contributed by atoms with E-state index in [4.69, 9.17) is 0 Å². The Hall–Kier alpha value is -3.15. The van der Waals surface area contributed by atoms with E-state index in [1.54, 1.807) is 6.92 Å². The number of urea groups is 1. The van der Waals surface area contributed by atoms with Gasteiger partial charge in [0, 0.05) is 0 Å². The van der Waals surface area contributed by atoms with Crippen molar-refractivity contribution in [2.75, 3.05) is 6.54 Å². The fourth-order valence-corrected chi connectivity index (χ4v) is 3.91. The van der Waals surface area contributed by atoms with Crippen LogP contribution in [0.5, 0.6) is 0 Å². The van der Waals surface area contributed by atoms with Gasteiger partial charge in [0.1, 0.15) is 12.1 Å². The number of amides is 4. The summed E-state index contributed by atoms with van der Waals surface area (Å²) in [6.45, 7) is 3.37. The van der Waals surface area contributed by atoms with E-state index < -0.39 is 11.6 Å². The first kappa shape index (κ1) is 19.2. The molecule has 0 radical (unpaired) electrons. The highest BCUT2D eigenvalue weighted by atomic mass is 16.2. The standard InChI is InChI=1S/C23H25N3O3/c1-15(16-8-10-18(11-9-16)17-6-4-3-5-7-17)24-20(27)14-26-21(28)23(2,19-12-13-19)25-22(26)29/h3-11,15,19H,12-14H2,1-2H3,(H,24,27)(H,25,29). The maximum absolute atomic E-state index is 12.6. The summed E-state index contributed by atoms with van der Waals surface area (Å²) in [6.07, 6.45) is 1.86. The lowest BCUT2D eigenvalue weighted by atomic mass is 9.96. The molecule has 6 nitrogen and oxygen atoms in total. The molecule has 0 aromatic heterocycles. The first-order valence-corrected chi connectivity index (χ1v) is 9.97. The van der Waals surface area contributed by atoms with Crippen molar-refractivity contribution in [1.29, 1.82) is 0 Å². The summed E-state index contributed by atoms with van der Waals surface area (Å²) in [5.41, 5.74) is 2.33. The van der Waals surface area contributed by atoms with Crippen LogP contribution in [-0.2, 0) is 9.59 Å². The van der Waals surface area contributed by atoms with Crippen molar-refractivity contribution in [2.45, 2.75) is 38.3 Å². The van der Waals surface area contributed by atoms with E-state index in [0.717, 1.165) is 34.4 Å². The smallest absolute Gasteiger partial charge is 0.325 e. The van der Waals surface area contributed by atoms with Crippen LogP contribution in [-0.4, -0.2) is 34.8 Å². The normalized spacial score (nSPS) is 22.3. The molecule has 2 unspecified atom stereocenters. The number of carbonyl (C=O) groups excluding carboxylic acids is 3. The molecule has 2 atom stereocenters. The summed E-state index contributed by atoms with van der Waals surface area (Å²) in [5, 5.41) is 5.64. The Morgan fingerprint density at radius 1 is 1.10 bits per heavy atom. The van der Waals surface area contributed by atoms with E-state index in [-0.39, 0.29) is 30.3 Å². The summed E-state index contributed by atoms with van der Waals surface area (Å²) in [7, 11) is 0. The van der Waals surface area contributed by atoms with Crippen LogP contribution in [0.2, 0.25) is 0 Å². The zero-order valence-electron chi connectivity index (χ0n) is 16.6. The van der Waals surface area contributed by atoms with Gasteiger partial charge in [-0.15, -0.1) is 0 Å². The van der Waals surface area contributed by atoms with Crippen LogP contribution in [0.3, 0.4) is 0 Å². The van der Waals surface area contributed by atoms with Gasteiger partial charge < -0.3 is 10.6 Å². The third-order valence-corrected chi connectivity index (χ3v) is 5.89. The Bertz CT molecular complexity index is 938. The van der Waals surface area contributed by atoms with Gasteiger partial charge in [0.15, 0.2) is 0 Å². The minimum Gasteiger partial charge on any atom is -0.348 e. The summed E-state index contributed by atoms with van der Waals surface area (Å²) in [4.78, 5) is 38.4. The van der Waals surface area contributed by atoms with E-state index in [0.29, 0.717) is 0 Å². The lowest BCUT2D eigenvalue weighted by molar-refractivity contribution is -0.135. The molecule has 4 amide bonds. The number of nitrogens with zero attached hydrogens (tertiary/aromatic N) is 1. The number of carbonyl (C=O) groups is 3. The molecule has 1 saturated heterocycles. The lowest BCUT2D eigenvalue weighted by Gasteiger charge is -2.21. The van der Waals surface area contributed by atoms with E-state index in [2.05, 4.69) is 10.6 Å². The van der Waals surface area contributed by atoms with E-state index in [1.165, 1.54) is 0 Å². The number of rotatable bonds is 6. The summed E-state index contributed by atoms with van der Waals surface area (Å²) in [6, 6.07) is 17.3. The Morgan fingerprint density at radius 2 is 1.72 bits per heavy atom. The average Bonchev–Trinajstić information content (AvgIpc) is 3.55. The molecule has 2 aliphatic rings. The molecule has 4 rings (SSSR count). The number of nitrogens with one attached hydrogen (secondary N) is 2. The fraction of sp³-hybridized carbons (Fsp3) is 0.348. The maximum Gasteiger partial charge on any atom is 0.325 e. The highest BCUT2D eigenvalue weighted by Crippen LogP contribution is 2.42. The van der Waals surface area contributed by atoms with Gasteiger partial charge in [-0.25, -0.2) is 4.79 Å². The topological polar surface area (TPSA) is 78.5 Å². The lowest BCUT2D eigenvalue weighted by Crippen LogP contribution is -2.47. The molecule has 29 heavy (non-hydrogen) atoms. The Balaban J connectivity index is 1.37. The van der Waals surface area contributed by atoms with Crippen molar-refractivity contribution < 1.29 is 14.4 Å². The minimum atomic E-state index is -0.865. The van der Waals surface area contributed by atoms with Crippen LogP contribution < -0.4 is 10.6 Å². The van der Waals surface area contributed by atoms with Crippen molar-refractivity contribution in [1.82, 2.24) is 15.5 Å². The molecule has 2 aromatic rings. The zero-order valence-corrected chi connectivity index (χ0v) is 16.6. The first-order valence-electron chi connectivity index (χ1n) is 9.97. The average molecular weight is 391 g/mol. The molecule has 1 aliphatic carbocycles. The molecule has 2 N–H and O–H groups in total. The molecule has 150 valence electrons. The second-order valence-corrected chi connectivity index (χ2v) is 8.08. The zero-order chi connectivity index (χ0) is 20.6. The molecule has 6 heteroatoms. The van der Waals surface area contributed by atoms with Crippen molar-refractivity contribution in [3.05, 3.63) is 60.2 Å². The fourth-order valence-electron chi connectivity index (χ4n) is 3.91. The Kier molecular flexibility index (Phi) is 4.86. The second kappa shape index (κ2) is 7.35. The van der Waals surface area contributed by atoms with Crippen molar-refractivity contribution >= 4 is 17.8 Å². The van der Waals surface area contributed by atoms with Gasteiger partial charge in [-0.3, -0.25) is 14.5 Å². The van der Waals surface area contributed by atoms with Crippen molar-refractivity contribution in [2.24, 2.45) is 5.92 Å². The molecule has 2 fully saturated rings. The molecule has 1 aliphatic heterocycles. The van der Waals surface area contributed by atoms with Crippen LogP contribution in [0.4, 0.5) is 4.79 Å². The molecule has 2 aromatic carbocycles. The third-order valence-electron chi connectivity index (χ3n) is 5.89. The van der Waals surface area contributed by atoms with Gasteiger partial charge in [-0.05, 0) is 49.3 Å². The van der Waals surface area contributed by atoms with Crippen LogP contribution in [0.25, 0.3) is 11.1 Å². The molecular weight excluding hydrogens is 366 g/mol. The predicted molar refractivity (Wildman–Crippen MR) is 110 cm³/mol. The Morgan fingerprint density at radius 3 is 2.34 bits per heavy atom. The van der Waals surface area contributed by atoms with Crippen LogP contribution in [0.15, 0.2) is 54.6 Å². The number of hydrogen-bond acceptors (Lipinski definition) is 3. The summed E-state index contributed by atoms with van der Waals surface area (Å²) < 4.78 is 0. The van der Waals surface area contributed by atoms with Gasteiger partial charge in [0.25, 0.3) is 5.91 Å². The molecule has 1 heterocycles. The van der Waals surface area contributed by atoms with Gasteiger partial charge in [0.2, 0.25) is 5.91 Å². The van der Waals surface area contributed by atoms with E-state index in [1.807, 2.05) is 61.5 Å². The predicted octanol–water partition coefficient (Wildman–Crippen LogP) is 3.25. The highest BCUT2D eigenvalue weighted by molar-refractivity contribution is 6.09. The Labute approximate surface area is 170 Å². The summed E-state index contributed by atoms with van der Waals surface area (Å²) in [5.74, 6) is -0.484. The van der Waals surface area contributed by atoms with Gasteiger partial charge >= 0.3 is 6.03 Å². The van der Waals surface area contributed by atoms with Crippen LogP contribution in [0.1, 0.15) is 38.3 Å². The minimum absolute atomic E-state index is 0.175. The molecule has 1 saturated carbocycles. The largest absolute Gasteiger partial charge is 0.348 e. The van der Waals surface area contributed by atoms with Crippen molar-refractivity contribution in [3.8, 4) is 11.1 Å². The highest BCUT2D eigenvalue weighted by Gasteiger charge is 2.56.